The van der Waals surface area contributed by atoms with Crippen molar-refractivity contribution in [3.63, 3.8) is 0 Å². The highest BCUT2D eigenvalue weighted by molar-refractivity contribution is 7.80. The summed E-state index contributed by atoms with van der Waals surface area (Å²) in [5, 5.41) is 5.11. The Morgan fingerprint density at radius 1 is 0.946 bits per heavy atom. The Kier molecular flexibility index (Phi) is 7.03. The van der Waals surface area contributed by atoms with Gasteiger partial charge in [-0.3, -0.25) is 4.98 Å². The maximum atomic E-state index is 6.65. The Hall–Kier alpha value is -3.26. The lowest BCUT2D eigenvalue weighted by Gasteiger charge is -2.29. The lowest BCUT2D eigenvalue weighted by Crippen LogP contribution is -2.30. The summed E-state index contributed by atoms with van der Waals surface area (Å²) in [6.07, 6.45) is 1.79. The predicted octanol–water partition coefficient (Wildman–Crippen LogP) is 6.99. The first kappa shape index (κ1) is 25.4. The van der Waals surface area contributed by atoms with Crippen molar-refractivity contribution in [3.8, 4) is 17.2 Å². The molecule has 190 valence electrons. The number of rotatable bonds is 6. The molecule has 0 radical (unpaired) electrons. The van der Waals surface area contributed by atoms with Gasteiger partial charge in [0.05, 0.1) is 53.4 Å². The Morgan fingerprint density at radius 2 is 1.76 bits per heavy atom. The van der Waals surface area contributed by atoms with Gasteiger partial charge in [-0.25, -0.2) is 0 Å². The Labute approximate surface area is 231 Å². The number of nitrogens with one attached hydrogen (secondary N) is 1. The van der Waals surface area contributed by atoms with E-state index in [9.17, 15) is 0 Å². The molecule has 6 nitrogen and oxygen atoms in total. The quantitative estimate of drug-likeness (QED) is 0.260. The number of pyridine rings is 1. The first-order valence-corrected chi connectivity index (χ1v) is 12.9. The topological polar surface area (TPSA) is 51.5 Å². The Bertz CT molecular complexity index is 1470. The van der Waals surface area contributed by atoms with Crippen LogP contribution in [-0.4, -0.2) is 28.9 Å². The second-order valence-electron chi connectivity index (χ2n) is 8.77. The molecule has 9 heteroatoms. The number of hydrogen-bond donors (Lipinski definition) is 1. The first-order chi connectivity index (χ1) is 17.8. The highest BCUT2D eigenvalue weighted by atomic mass is 35.5. The molecule has 0 unspecified atom stereocenters. The third-order valence-electron chi connectivity index (χ3n) is 6.71. The van der Waals surface area contributed by atoms with Gasteiger partial charge in [0, 0.05) is 23.7 Å². The number of halogens is 2. The largest absolute Gasteiger partial charge is 0.497 e. The van der Waals surface area contributed by atoms with E-state index >= 15 is 0 Å². The fraction of sp³-hybridized carbons (Fsp3) is 0.214. The van der Waals surface area contributed by atoms with Crippen LogP contribution in [0.15, 0.2) is 66.9 Å². The summed E-state index contributed by atoms with van der Waals surface area (Å²) in [6.45, 7) is 4.14. The number of nitrogens with zero attached hydrogens (tertiary/aromatic N) is 3. The molecule has 0 spiro atoms. The highest BCUT2D eigenvalue weighted by Gasteiger charge is 2.43. The number of hydrogen-bond acceptors (Lipinski definition) is 4. The van der Waals surface area contributed by atoms with Crippen LogP contribution in [0.1, 0.15) is 34.7 Å². The summed E-state index contributed by atoms with van der Waals surface area (Å²) in [4.78, 5) is 6.76. The van der Waals surface area contributed by atoms with Crippen LogP contribution in [0.25, 0.3) is 5.69 Å². The van der Waals surface area contributed by atoms with Gasteiger partial charge < -0.3 is 24.3 Å². The third-order valence-corrected chi connectivity index (χ3v) is 7.83. The van der Waals surface area contributed by atoms with Gasteiger partial charge in [-0.2, -0.15) is 0 Å². The van der Waals surface area contributed by atoms with Crippen molar-refractivity contribution in [1.29, 1.82) is 0 Å². The smallest absolute Gasteiger partial charge is 0.174 e. The van der Waals surface area contributed by atoms with E-state index in [1.807, 2.05) is 48.5 Å². The average Bonchev–Trinajstić information content (AvgIpc) is 3.40. The van der Waals surface area contributed by atoms with Gasteiger partial charge in [0.25, 0.3) is 0 Å². The molecule has 5 rings (SSSR count). The third kappa shape index (κ3) is 4.41. The van der Waals surface area contributed by atoms with Gasteiger partial charge >= 0.3 is 0 Å². The first-order valence-electron chi connectivity index (χ1n) is 11.7. The lowest BCUT2D eigenvalue weighted by atomic mass is 9.96. The van der Waals surface area contributed by atoms with E-state index in [1.54, 1.807) is 26.5 Å². The minimum absolute atomic E-state index is 0.204. The normalized spacial score (nSPS) is 17.1. The van der Waals surface area contributed by atoms with Crippen LogP contribution in [0.4, 0.5) is 5.69 Å². The van der Waals surface area contributed by atoms with E-state index in [4.69, 9.17) is 44.9 Å². The number of methoxy groups -OCH3 is 2. The van der Waals surface area contributed by atoms with E-state index in [1.165, 1.54) is 0 Å². The molecule has 1 aliphatic rings. The summed E-state index contributed by atoms with van der Waals surface area (Å²) >= 11 is 18.9. The molecule has 0 amide bonds. The summed E-state index contributed by atoms with van der Waals surface area (Å²) in [6, 6.07) is 19.0. The fourth-order valence-electron chi connectivity index (χ4n) is 5.04. The molecule has 2 aromatic carbocycles. The van der Waals surface area contributed by atoms with E-state index in [0.717, 1.165) is 34.0 Å². The molecule has 0 aliphatic carbocycles. The van der Waals surface area contributed by atoms with Gasteiger partial charge in [-0.15, -0.1) is 0 Å². The molecule has 3 heterocycles. The summed E-state index contributed by atoms with van der Waals surface area (Å²) in [7, 11) is 3.27. The molecule has 2 atom stereocenters. The number of aromatic nitrogens is 2. The van der Waals surface area contributed by atoms with Gasteiger partial charge in [-0.1, -0.05) is 35.3 Å². The molecule has 1 saturated heterocycles. The molecule has 0 bridgehead atoms. The number of aryl methyl sites for hydroxylation is 1. The molecule has 1 N–H and O–H groups in total. The second kappa shape index (κ2) is 10.2. The van der Waals surface area contributed by atoms with Crippen molar-refractivity contribution in [1.82, 2.24) is 14.9 Å². The molecule has 0 saturated carbocycles. The zero-order valence-electron chi connectivity index (χ0n) is 20.8. The van der Waals surface area contributed by atoms with Gasteiger partial charge in [0.15, 0.2) is 5.11 Å². The van der Waals surface area contributed by atoms with Crippen molar-refractivity contribution in [3.05, 3.63) is 99.6 Å². The van der Waals surface area contributed by atoms with Crippen molar-refractivity contribution < 1.29 is 9.47 Å². The zero-order chi connectivity index (χ0) is 26.3. The maximum Gasteiger partial charge on any atom is 0.174 e. The SMILES string of the molecule is COc1ccc(N2C(=S)N[C@@H](c3ccccn3)[C@@H]2c2cc(C)n(-c3cccc(Cl)c3Cl)c2C)c(OC)c1. The summed E-state index contributed by atoms with van der Waals surface area (Å²) in [5.74, 6) is 1.35. The number of ether oxygens (including phenoxy) is 2. The molecule has 37 heavy (non-hydrogen) atoms. The van der Waals surface area contributed by atoms with E-state index in [-0.39, 0.29) is 12.1 Å². The monoisotopic (exact) mass is 552 g/mol. The van der Waals surface area contributed by atoms with Crippen LogP contribution in [-0.2, 0) is 0 Å². The van der Waals surface area contributed by atoms with Crippen LogP contribution in [0, 0.1) is 13.8 Å². The predicted molar refractivity (Wildman–Crippen MR) is 153 cm³/mol. The van der Waals surface area contributed by atoms with Crippen LogP contribution >= 0.6 is 35.4 Å². The minimum Gasteiger partial charge on any atom is -0.497 e. The molecule has 1 fully saturated rings. The number of anilines is 1. The van der Waals surface area contributed by atoms with Gasteiger partial charge in [-0.05, 0) is 74.1 Å². The average molecular weight is 554 g/mol. The van der Waals surface area contributed by atoms with Crippen molar-refractivity contribution >= 4 is 46.2 Å². The van der Waals surface area contributed by atoms with Gasteiger partial charge in [0.1, 0.15) is 11.5 Å². The lowest BCUT2D eigenvalue weighted by molar-refractivity contribution is 0.394. The number of thiocarbonyl (C=S) groups is 1. The highest BCUT2D eigenvalue weighted by Crippen LogP contribution is 2.47. The second-order valence-corrected chi connectivity index (χ2v) is 9.94. The molecule has 1 aliphatic heterocycles. The van der Waals surface area contributed by atoms with Crippen LogP contribution in [0.3, 0.4) is 0 Å². The van der Waals surface area contributed by atoms with Crippen molar-refractivity contribution in [2.24, 2.45) is 0 Å². The Morgan fingerprint density at radius 3 is 2.46 bits per heavy atom. The van der Waals surface area contributed by atoms with Crippen LogP contribution < -0.4 is 19.7 Å². The molecular formula is C28H26Cl2N4O2S. The van der Waals surface area contributed by atoms with Crippen LogP contribution in [0.5, 0.6) is 11.5 Å². The molecule has 4 aromatic rings. The summed E-state index contributed by atoms with van der Waals surface area (Å²) in [5.41, 5.74) is 5.67. The van der Waals surface area contributed by atoms with E-state index in [2.05, 4.69) is 39.7 Å². The van der Waals surface area contributed by atoms with Crippen molar-refractivity contribution in [2.75, 3.05) is 19.1 Å². The minimum atomic E-state index is -0.220. The Balaban J connectivity index is 1.72. The zero-order valence-corrected chi connectivity index (χ0v) is 23.2. The summed E-state index contributed by atoms with van der Waals surface area (Å²) < 4.78 is 13.3. The molecule has 2 aromatic heterocycles. The van der Waals surface area contributed by atoms with Crippen molar-refractivity contribution in [2.45, 2.75) is 25.9 Å². The van der Waals surface area contributed by atoms with E-state index < -0.39 is 0 Å². The maximum absolute atomic E-state index is 6.65. The number of benzene rings is 2. The van der Waals surface area contributed by atoms with Crippen LogP contribution in [0.2, 0.25) is 10.0 Å². The van der Waals surface area contributed by atoms with Gasteiger partial charge in [0.2, 0.25) is 0 Å². The fourth-order valence-corrected chi connectivity index (χ4v) is 5.76. The van der Waals surface area contributed by atoms with E-state index in [0.29, 0.717) is 26.7 Å². The standard InChI is InChI=1S/C28H26Cl2N4O2S/c1-16-14-19(17(2)33(16)23-10-7-8-20(29)25(23)30)27-26(21-9-5-6-13-31-21)32-28(37)34(27)22-12-11-18(35-3)15-24(22)36-4/h5-15,26-27H,1-4H3,(H,32,37)/t26-,27-/m0/s1. The molecular weight excluding hydrogens is 527 g/mol.